The van der Waals surface area contributed by atoms with Crippen molar-refractivity contribution in [1.29, 1.82) is 0 Å². The summed E-state index contributed by atoms with van der Waals surface area (Å²) in [6.45, 7) is 7.90. The Bertz CT molecular complexity index is 423. The van der Waals surface area contributed by atoms with Gasteiger partial charge in [-0.15, -0.1) is 0 Å². The molecule has 0 spiro atoms. The van der Waals surface area contributed by atoms with Gasteiger partial charge in [0.1, 0.15) is 0 Å². The lowest BCUT2D eigenvalue weighted by molar-refractivity contribution is 0.0948. The molecule has 0 heterocycles. The molecule has 0 aliphatic rings. The van der Waals surface area contributed by atoms with E-state index in [-0.39, 0.29) is 5.91 Å². The topological polar surface area (TPSA) is 58.4 Å². The molecule has 1 amide bonds. The lowest BCUT2D eigenvalue weighted by atomic mass is 10.2. The highest BCUT2D eigenvalue weighted by molar-refractivity contribution is 9.10. The number of amides is 1. The third-order valence-corrected chi connectivity index (χ3v) is 3.68. The molecular formula is C14H22BrN3O. The number of carbonyl (C=O) groups excluding carboxylic acids is 1. The van der Waals surface area contributed by atoms with E-state index in [4.69, 9.17) is 5.73 Å². The molecule has 0 atom stereocenters. The first kappa shape index (κ1) is 16.0. The molecular weight excluding hydrogens is 306 g/mol. The summed E-state index contributed by atoms with van der Waals surface area (Å²) in [6, 6.07) is 5.24. The highest BCUT2D eigenvalue weighted by Crippen LogP contribution is 2.19. The summed E-state index contributed by atoms with van der Waals surface area (Å²) in [4.78, 5) is 14.3. The number of likely N-dealkylation sites (N-methyl/N-ethyl adjacent to an activating group) is 1. The van der Waals surface area contributed by atoms with E-state index in [9.17, 15) is 4.79 Å². The third kappa shape index (κ3) is 5.20. The first-order chi connectivity index (χ1) is 9.08. The number of benzene rings is 1. The van der Waals surface area contributed by atoms with Crippen LogP contribution in [0.2, 0.25) is 0 Å². The fourth-order valence-electron chi connectivity index (χ4n) is 1.86. The van der Waals surface area contributed by atoms with Gasteiger partial charge in [-0.05, 0) is 53.6 Å². The fraction of sp³-hybridized carbons (Fsp3) is 0.500. The Morgan fingerprint density at radius 3 is 2.68 bits per heavy atom. The minimum atomic E-state index is -0.0771. The number of nitrogens with two attached hydrogens (primary N) is 1. The number of nitrogens with zero attached hydrogens (tertiary/aromatic N) is 1. The van der Waals surface area contributed by atoms with Crippen molar-refractivity contribution in [3.8, 4) is 0 Å². The van der Waals surface area contributed by atoms with Gasteiger partial charge in [0.15, 0.2) is 0 Å². The Morgan fingerprint density at radius 1 is 1.37 bits per heavy atom. The lowest BCUT2D eigenvalue weighted by Gasteiger charge is -2.19. The normalized spacial score (nSPS) is 10.7. The van der Waals surface area contributed by atoms with Gasteiger partial charge in [-0.1, -0.05) is 13.8 Å². The summed E-state index contributed by atoms with van der Waals surface area (Å²) in [5, 5.41) is 2.92. The number of hydrogen-bond acceptors (Lipinski definition) is 3. The third-order valence-electron chi connectivity index (χ3n) is 2.96. The highest BCUT2D eigenvalue weighted by Gasteiger charge is 2.07. The molecule has 0 radical (unpaired) electrons. The summed E-state index contributed by atoms with van der Waals surface area (Å²) < 4.78 is 0.809. The van der Waals surface area contributed by atoms with Crippen molar-refractivity contribution in [2.45, 2.75) is 20.3 Å². The predicted molar refractivity (Wildman–Crippen MR) is 83.3 cm³/mol. The van der Waals surface area contributed by atoms with Crippen LogP contribution in [0.1, 0.15) is 30.6 Å². The molecule has 1 aromatic rings. The molecule has 19 heavy (non-hydrogen) atoms. The van der Waals surface area contributed by atoms with Crippen LogP contribution < -0.4 is 11.1 Å². The Kier molecular flexibility index (Phi) is 6.87. The van der Waals surface area contributed by atoms with Gasteiger partial charge in [-0.2, -0.15) is 0 Å². The van der Waals surface area contributed by atoms with Crippen molar-refractivity contribution < 1.29 is 4.79 Å². The van der Waals surface area contributed by atoms with Gasteiger partial charge in [-0.3, -0.25) is 4.79 Å². The second-order valence-electron chi connectivity index (χ2n) is 4.43. The lowest BCUT2D eigenvalue weighted by Crippen LogP contribution is -2.35. The van der Waals surface area contributed by atoms with E-state index in [1.54, 1.807) is 18.2 Å². The minimum Gasteiger partial charge on any atom is -0.398 e. The van der Waals surface area contributed by atoms with Crippen molar-refractivity contribution in [3.05, 3.63) is 28.2 Å². The molecule has 0 bridgehead atoms. The van der Waals surface area contributed by atoms with Gasteiger partial charge in [0.05, 0.1) is 0 Å². The number of anilines is 1. The maximum atomic E-state index is 11.9. The van der Waals surface area contributed by atoms with Crippen molar-refractivity contribution in [3.63, 3.8) is 0 Å². The number of nitrogen functional groups attached to an aromatic ring is 1. The summed E-state index contributed by atoms with van der Waals surface area (Å²) in [6.07, 6.45) is 1.13. The van der Waals surface area contributed by atoms with E-state index in [2.05, 4.69) is 40.0 Å². The van der Waals surface area contributed by atoms with Crippen LogP contribution in [0.4, 0.5) is 5.69 Å². The number of rotatable bonds is 7. The predicted octanol–water partition coefficient (Wildman–Crippen LogP) is 2.49. The molecule has 0 saturated carbocycles. The number of halogens is 1. The van der Waals surface area contributed by atoms with Crippen LogP contribution in [0, 0.1) is 0 Å². The molecule has 5 heteroatoms. The number of nitrogens with one attached hydrogen (secondary N) is 1. The molecule has 0 aliphatic carbocycles. The maximum Gasteiger partial charge on any atom is 0.251 e. The first-order valence-corrected chi connectivity index (χ1v) is 7.43. The number of hydrogen-bond donors (Lipinski definition) is 2. The molecule has 106 valence electrons. The van der Waals surface area contributed by atoms with E-state index in [1.807, 2.05) is 0 Å². The van der Waals surface area contributed by atoms with Crippen LogP contribution >= 0.6 is 15.9 Å². The van der Waals surface area contributed by atoms with Crippen LogP contribution in [0.5, 0.6) is 0 Å². The standard InChI is InChI=1S/C14H22BrN3O/c1-3-8-18(4-2)9-7-17-14(19)11-5-6-12(15)13(16)10-11/h5-6,10H,3-4,7-9,16H2,1-2H3,(H,17,19). The van der Waals surface area contributed by atoms with E-state index < -0.39 is 0 Å². The van der Waals surface area contributed by atoms with E-state index >= 15 is 0 Å². The molecule has 4 nitrogen and oxygen atoms in total. The van der Waals surface area contributed by atoms with Gasteiger partial charge in [0, 0.05) is 28.8 Å². The summed E-state index contributed by atoms with van der Waals surface area (Å²) in [5.74, 6) is -0.0771. The average molecular weight is 328 g/mol. The van der Waals surface area contributed by atoms with Crippen LogP contribution in [0.15, 0.2) is 22.7 Å². The van der Waals surface area contributed by atoms with Gasteiger partial charge < -0.3 is 16.0 Å². The Labute approximate surface area is 123 Å². The zero-order chi connectivity index (χ0) is 14.3. The zero-order valence-electron chi connectivity index (χ0n) is 11.6. The molecule has 0 unspecified atom stereocenters. The molecule has 0 fully saturated rings. The molecule has 3 N–H and O–H groups in total. The number of carbonyl (C=O) groups is 1. The maximum absolute atomic E-state index is 11.9. The minimum absolute atomic E-state index is 0.0771. The van der Waals surface area contributed by atoms with Crippen molar-refractivity contribution in [1.82, 2.24) is 10.2 Å². The summed E-state index contributed by atoms with van der Waals surface area (Å²) >= 11 is 3.31. The largest absolute Gasteiger partial charge is 0.398 e. The average Bonchev–Trinajstić information content (AvgIpc) is 2.40. The van der Waals surface area contributed by atoms with Crippen LogP contribution in [0.3, 0.4) is 0 Å². The highest BCUT2D eigenvalue weighted by atomic mass is 79.9. The second-order valence-corrected chi connectivity index (χ2v) is 5.28. The first-order valence-electron chi connectivity index (χ1n) is 6.64. The quantitative estimate of drug-likeness (QED) is 0.756. The van der Waals surface area contributed by atoms with Gasteiger partial charge in [-0.25, -0.2) is 0 Å². The van der Waals surface area contributed by atoms with Gasteiger partial charge >= 0.3 is 0 Å². The molecule has 0 aliphatic heterocycles. The SMILES string of the molecule is CCCN(CC)CCNC(=O)c1ccc(Br)c(N)c1. The van der Waals surface area contributed by atoms with Crippen LogP contribution in [0.25, 0.3) is 0 Å². The van der Waals surface area contributed by atoms with Gasteiger partial charge in [0.25, 0.3) is 5.91 Å². The summed E-state index contributed by atoms with van der Waals surface area (Å²) in [7, 11) is 0. The van der Waals surface area contributed by atoms with Crippen molar-refractivity contribution >= 4 is 27.5 Å². The summed E-state index contributed by atoms with van der Waals surface area (Å²) in [5.41, 5.74) is 6.94. The van der Waals surface area contributed by atoms with E-state index in [1.165, 1.54) is 0 Å². The van der Waals surface area contributed by atoms with Crippen molar-refractivity contribution in [2.24, 2.45) is 0 Å². The Morgan fingerprint density at radius 2 is 2.11 bits per heavy atom. The van der Waals surface area contributed by atoms with Crippen LogP contribution in [-0.4, -0.2) is 37.0 Å². The molecule has 1 rings (SSSR count). The van der Waals surface area contributed by atoms with E-state index in [0.717, 1.165) is 30.5 Å². The smallest absolute Gasteiger partial charge is 0.251 e. The van der Waals surface area contributed by atoms with Crippen molar-refractivity contribution in [2.75, 3.05) is 31.9 Å². The Hall–Kier alpha value is -1.07. The zero-order valence-corrected chi connectivity index (χ0v) is 13.2. The van der Waals surface area contributed by atoms with E-state index in [0.29, 0.717) is 17.8 Å². The fourth-order valence-corrected chi connectivity index (χ4v) is 2.11. The molecule has 0 aromatic heterocycles. The molecule has 1 aromatic carbocycles. The second kappa shape index (κ2) is 8.17. The van der Waals surface area contributed by atoms with Crippen LogP contribution in [-0.2, 0) is 0 Å². The monoisotopic (exact) mass is 327 g/mol. The molecule has 0 saturated heterocycles. The van der Waals surface area contributed by atoms with Gasteiger partial charge in [0.2, 0.25) is 0 Å². The Balaban J connectivity index is 2.44.